The van der Waals surface area contributed by atoms with Crippen molar-refractivity contribution in [3.63, 3.8) is 0 Å². The van der Waals surface area contributed by atoms with Crippen LogP contribution in [0.3, 0.4) is 0 Å². The summed E-state index contributed by atoms with van der Waals surface area (Å²) in [6, 6.07) is 11.5. The Morgan fingerprint density at radius 1 is 0.833 bits per heavy atom. The second kappa shape index (κ2) is 6.25. The second-order valence-electron chi connectivity index (χ2n) is 3.67. The molecule has 0 amide bonds. The zero-order chi connectivity index (χ0) is 13.1. The van der Waals surface area contributed by atoms with Crippen LogP contribution in [0.15, 0.2) is 45.3 Å². The first-order chi connectivity index (χ1) is 8.56. The maximum atomic E-state index is 6.10. The molecule has 0 bridgehead atoms. The smallest absolute Gasteiger partial charge is 0.0493 e. The molecule has 0 aromatic heterocycles. The molecule has 18 heavy (non-hydrogen) atoms. The van der Waals surface area contributed by atoms with Gasteiger partial charge in [0.05, 0.1) is 0 Å². The van der Waals surface area contributed by atoms with Gasteiger partial charge in [-0.2, -0.15) is 0 Å². The monoisotopic (exact) mass is 404 g/mol. The standard InChI is InChI=1S/C14H8Br2Cl2/c15-10-6-9(7-11(16)8-10)4-5-12-13(17)2-1-3-14(12)18/h1-8H/b5-4+. The molecule has 2 rings (SSSR count). The van der Waals surface area contributed by atoms with Gasteiger partial charge in [-0.05, 0) is 35.9 Å². The van der Waals surface area contributed by atoms with E-state index < -0.39 is 0 Å². The van der Waals surface area contributed by atoms with E-state index in [0.29, 0.717) is 10.0 Å². The van der Waals surface area contributed by atoms with Crippen LogP contribution in [0.1, 0.15) is 11.1 Å². The molecule has 0 heterocycles. The lowest BCUT2D eigenvalue weighted by Crippen LogP contribution is -1.78. The first-order valence-corrected chi connectivity index (χ1v) is 7.48. The van der Waals surface area contributed by atoms with Crippen LogP contribution in [0.25, 0.3) is 12.2 Å². The lowest BCUT2D eigenvalue weighted by atomic mass is 10.1. The lowest BCUT2D eigenvalue weighted by Gasteiger charge is -2.01. The van der Waals surface area contributed by atoms with E-state index in [4.69, 9.17) is 23.2 Å². The van der Waals surface area contributed by atoms with Gasteiger partial charge in [0.2, 0.25) is 0 Å². The largest absolute Gasteiger partial charge is 0.0836 e. The van der Waals surface area contributed by atoms with Gasteiger partial charge in [0.15, 0.2) is 0 Å². The fraction of sp³-hybridized carbons (Fsp3) is 0. The van der Waals surface area contributed by atoms with Crippen molar-refractivity contribution in [3.8, 4) is 0 Å². The molecular formula is C14H8Br2Cl2. The van der Waals surface area contributed by atoms with E-state index in [9.17, 15) is 0 Å². The Hall–Kier alpha value is -0.280. The molecule has 0 atom stereocenters. The summed E-state index contributed by atoms with van der Waals surface area (Å²) in [4.78, 5) is 0. The number of benzene rings is 2. The molecule has 2 aromatic carbocycles. The second-order valence-corrected chi connectivity index (χ2v) is 6.32. The van der Waals surface area contributed by atoms with E-state index in [-0.39, 0.29) is 0 Å². The van der Waals surface area contributed by atoms with Gasteiger partial charge in [-0.3, -0.25) is 0 Å². The van der Waals surface area contributed by atoms with Crippen molar-refractivity contribution >= 4 is 67.2 Å². The van der Waals surface area contributed by atoms with Gasteiger partial charge in [-0.1, -0.05) is 73.3 Å². The highest BCUT2D eigenvalue weighted by Gasteiger charge is 2.01. The lowest BCUT2D eigenvalue weighted by molar-refractivity contribution is 1.57. The summed E-state index contributed by atoms with van der Waals surface area (Å²) in [5.74, 6) is 0. The zero-order valence-electron chi connectivity index (χ0n) is 9.13. The van der Waals surface area contributed by atoms with Crippen molar-refractivity contribution in [2.45, 2.75) is 0 Å². The molecule has 0 unspecified atom stereocenters. The summed E-state index contributed by atoms with van der Waals surface area (Å²) in [6.45, 7) is 0. The number of rotatable bonds is 2. The van der Waals surface area contributed by atoms with Gasteiger partial charge >= 0.3 is 0 Å². The van der Waals surface area contributed by atoms with Crippen LogP contribution < -0.4 is 0 Å². The highest BCUT2D eigenvalue weighted by Crippen LogP contribution is 2.27. The minimum atomic E-state index is 0.646. The van der Waals surface area contributed by atoms with Crippen LogP contribution >= 0.6 is 55.1 Å². The molecular weight excluding hydrogens is 399 g/mol. The van der Waals surface area contributed by atoms with Crippen molar-refractivity contribution < 1.29 is 0 Å². The fourth-order valence-electron chi connectivity index (χ4n) is 1.52. The Morgan fingerprint density at radius 3 is 1.94 bits per heavy atom. The van der Waals surface area contributed by atoms with Gasteiger partial charge in [-0.25, -0.2) is 0 Å². The molecule has 4 heteroatoms. The van der Waals surface area contributed by atoms with Gasteiger partial charge in [-0.15, -0.1) is 0 Å². The molecule has 0 saturated carbocycles. The molecule has 2 aromatic rings. The van der Waals surface area contributed by atoms with Gasteiger partial charge in [0.1, 0.15) is 0 Å². The summed E-state index contributed by atoms with van der Waals surface area (Å²) in [6.07, 6.45) is 3.89. The van der Waals surface area contributed by atoms with Crippen LogP contribution in [0.2, 0.25) is 10.0 Å². The maximum absolute atomic E-state index is 6.10. The third kappa shape index (κ3) is 3.61. The van der Waals surface area contributed by atoms with Gasteiger partial charge < -0.3 is 0 Å². The van der Waals surface area contributed by atoms with Crippen molar-refractivity contribution in [3.05, 3.63) is 66.5 Å². The normalized spacial score (nSPS) is 11.1. The van der Waals surface area contributed by atoms with Crippen molar-refractivity contribution in [2.24, 2.45) is 0 Å². The summed E-state index contributed by atoms with van der Waals surface area (Å²) in [5, 5.41) is 1.29. The van der Waals surface area contributed by atoms with Crippen molar-refractivity contribution in [1.29, 1.82) is 0 Å². The molecule has 0 aliphatic carbocycles. The molecule has 0 fully saturated rings. The predicted molar refractivity (Wildman–Crippen MR) is 87.2 cm³/mol. The fourth-order valence-corrected chi connectivity index (χ4v) is 3.37. The number of hydrogen-bond donors (Lipinski definition) is 0. The molecule has 92 valence electrons. The van der Waals surface area contributed by atoms with E-state index in [1.54, 1.807) is 0 Å². The Labute approximate surface area is 133 Å². The number of halogens is 4. The SMILES string of the molecule is Clc1cccc(Cl)c1/C=C/c1cc(Br)cc(Br)c1. The van der Waals surface area contributed by atoms with E-state index in [2.05, 4.69) is 31.9 Å². The van der Waals surface area contributed by atoms with E-state index >= 15 is 0 Å². The van der Waals surface area contributed by atoms with Crippen molar-refractivity contribution in [1.82, 2.24) is 0 Å². The zero-order valence-corrected chi connectivity index (χ0v) is 13.8. The summed E-state index contributed by atoms with van der Waals surface area (Å²) in [5.41, 5.74) is 1.89. The molecule has 0 radical (unpaired) electrons. The third-order valence-electron chi connectivity index (χ3n) is 2.33. The highest BCUT2D eigenvalue weighted by atomic mass is 79.9. The average Bonchev–Trinajstić information content (AvgIpc) is 2.27. The maximum Gasteiger partial charge on any atom is 0.0493 e. The van der Waals surface area contributed by atoms with Crippen LogP contribution in [0, 0.1) is 0 Å². The Kier molecular flexibility index (Phi) is 4.91. The topological polar surface area (TPSA) is 0 Å². The Balaban J connectivity index is 2.36. The first-order valence-electron chi connectivity index (χ1n) is 5.14. The van der Waals surface area contributed by atoms with Crippen LogP contribution in [0.5, 0.6) is 0 Å². The highest BCUT2D eigenvalue weighted by molar-refractivity contribution is 9.11. The van der Waals surface area contributed by atoms with E-state index in [1.807, 2.05) is 48.6 Å². The van der Waals surface area contributed by atoms with E-state index in [0.717, 1.165) is 20.1 Å². The third-order valence-corrected chi connectivity index (χ3v) is 3.90. The Bertz CT molecular complexity index is 566. The Morgan fingerprint density at radius 2 is 1.39 bits per heavy atom. The minimum Gasteiger partial charge on any atom is -0.0836 e. The number of hydrogen-bond acceptors (Lipinski definition) is 0. The van der Waals surface area contributed by atoms with Crippen LogP contribution in [-0.2, 0) is 0 Å². The van der Waals surface area contributed by atoms with Crippen molar-refractivity contribution in [2.75, 3.05) is 0 Å². The molecule has 0 saturated heterocycles. The quantitative estimate of drug-likeness (QED) is 0.487. The molecule has 0 N–H and O–H groups in total. The molecule has 0 aliphatic heterocycles. The average molecular weight is 407 g/mol. The predicted octanol–water partition coefficient (Wildman–Crippen LogP) is 6.69. The van der Waals surface area contributed by atoms with Crippen LogP contribution in [0.4, 0.5) is 0 Å². The van der Waals surface area contributed by atoms with Crippen LogP contribution in [-0.4, -0.2) is 0 Å². The first kappa shape index (κ1) is 14.1. The summed E-state index contributed by atoms with van der Waals surface area (Å²) >= 11 is 19.1. The van der Waals surface area contributed by atoms with E-state index in [1.165, 1.54) is 0 Å². The van der Waals surface area contributed by atoms with Gasteiger partial charge in [0, 0.05) is 24.6 Å². The molecule has 0 spiro atoms. The summed E-state index contributed by atoms with van der Waals surface area (Å²) in [7, 11) is 0. The molecule has 0 aliphatic rings. The van der Waals surface area contributed by atoms with Gasteiger partial charge in [0.25, 0.3) is 0 Å². The molecule has 0 nitrogen and oxygen atoms in total. The summed E-state index contributed by atoms with van der Waals surface area (Å²) < 4.78 is 2.03. The minimum absolute atomic E-state index is 0.646.